The van der Waals surface area contributed by atoms with Crippen molar-refractivity contribution in [2.75, 3.05) is 19.6 Å². The van der Waals surface area contributed by atoms with Crippen LogP contribution in [0.3, 0.4) is 0 Å². The number of benzene rings is 2. The molecule has 1 saturated heterocycles. The van der Waals surface area contributed by atoms with Gasteiger partial charge in [-0.3, -0.25) is 14.4 Å². The van der Waals surface area contributed by atoms with E-state index >= 15 is 4.39 Å². The average molecular weight is 672 g/mol. The quantitative estimate of drug-likeness (QED) is 0.196. The summed E-state index contributed by atoms with van der Waals surface area (Å²) in [6, 6.07) is 6.84. The summed E-state index contributed by atoms with van der Waals surface area (Å²) in [7, 11) is 0. The summed E-state index contributed by atoms with van der Waals surface area (Å²) in [5, 5.41) is 12.5. The first-order chi connectivity index (χ1) is 22.3. The molecule has 1 aromatic heterocycles. The van der Waals surface area contributed by atoms with Crippen LogP contribution in [0.1, 0.15) is 86.0 Å². The molecule has 48 heavy (non-hydrogen) atoms. The van der Waals surface area contributed by atoms with E-state index in [2.05, 4.69) is 19.2 Å². The van der Waals surface area contributed by atoms with Crippen molar-refractivity contribution in [1.29, 1.82) is 0 Å². The van der Waals surface area contributed by atoms with Crippen molar-refractivity contribution in [3.63, 3.8) is 0 Å². The van der Waals surface area contributed by atoms with Crippen LogP contribution in [-0.2, 0) is 22.2 Å². The van der Waals surface area contributed by atoms with Crippen LogP contribution >= 0.6 is 0 Å². The zero-order valence-electron chi connectivity index (χ0n) is 28.6. The molecule has 7 nitrogen and oxygen atoms in total. The van der Waals surface area contributed by atoms with Gasteiger partial charge >= 0.3 is 12.1 Å². The highest BCUT2D eigenvalue weighted by Gasteiger charge is 2.38. The molecule has 2 aromatic carbocycles. The fourth-order valence-corrected chi connectivity index (χ4v) is 6.84. The van der Waals surface area contributed by atoms with E-state index in [4.69, 9.17) is 0 Å². The zero-order valence-corrected chi connectivity index (χ0v) is 28.6. The van der Waals surface area contributed by atoms with Gasteiger partial charge in [-0.05, 0) is 90.5 Å². The van der Waals surface area contributed by atoms with Crippen molar-refractivity contribution >= 4 is 11.9 Å². The molecule has 1 unspecified atom stereocenters. The van der Waals surface area contributed by atoms with Gasteiger partial charge in [0.1, 0.15) is 11.9 Å². The molecular formula is C37H45F4N3O4. The van der Waals surface area contributed by atoms with Crippen LogP contribution in [0.4, 0.5) is 17.6 Å². The van der Waals surface area contributed by atoms with Crippen LogP contribution in [0.15, 0.2) is 47.4 Å². The van der Waals surface area contributed by atoms with Gasteiger partial charge in [-0.25, -0.2) is 4.39 Å². The van der Waals surface area contributed by atoms with E-state index in [0.29, 0.717) is 18.2 Å². The molecule has 0 bridgehead atoms. The zero-order chi connectivity index (χ0) is 35.7. The fourth-order valence-electron chi connectivity index (χ4n) is 6.84. The van der Waals surface area contributed by atoms with E-state index in [0.717, 1.165) is 40.5 Å². The lowest BCUT2D eigenvalue weighted by atomic mass is 9.84. The topological polar surface area (TPSA) is 91.6 Å². The second-order valence-corrected chi connectivity index (χ2v) is 14.3. The molecule has 3 aromatic rings. The van der Waals surface area contributed by atoms with Crippen LogP contribution in [0.5, 0.6) is 0 Å². The predicted octanol–water partition coefficient (Wildman–Crippen LogP) is 7.40. The number of alkyl halides is 3. The number of hydrogen-bond donors (Lipinski definition) is 2. The molecule has 0 spiro atoms. The Morgan fingerprint density at radius 2 is 1.65 bits per heavy atom. The standard InChI is InChI=1S/C37H45F4N3O4/c1-21(2)13-30(44-18-25(11-12-43-19-36(6,7)20-43)28(16-31(44)45)37(39,40)41)35(48)42-29(17-32(46)47)27-15-26(14-24(5)34(27)38)33-22(3)9-8-10-23(33)4/h8-10,14-16,18,21,29-30H,11-13,17,19-20H2,1-7H3,(H,42,48)(H,46,47)/t29-,30?/m0/s1. The third-order valence-electron chi connectivity index (χ3n) is 8.93. The van der Waals surface area contributed by atoms with E-state index in [-0.39, 0.29) is 40.9 Å². The Labute approximate surface area is 279 Å². The summed E-state index contributed by atoms with van der Waals surface area (Å²) < 4.78 is 59.1. The lowest BCUT2D eigenvalue weighted by Gasteiger charge is -2.46. The largest absolute Gasteiger partial charge is 0.481 e. The SMILES string of the molecule is Cc1cc(-c2c(C)cccc2C)cc([C@H](CC(=O)O)NC(=O)C(CC(C)C)n2cc(CCN3CC(C)(C)C3)c(C(F)(F)F)cc2=O)c1F. The minimum absolute atomic E-state index is 0.0124. The Kier molecular flexibility index (Phi) is 10.9. The van der Waals surface area contributed by atoms with Crippen LogP contribution in [0.2, 0.25) is 0 Å². The third kappa shape index (κ3) is 8.53. The highest BCUT2D eigenvalue weighted by atomic mass is 19.4. The Bertz CT molecular complexity index is 1720. The summed E-state index contributed by atoms with van der Waals surface area (Å²) in [4.78, 5) is 41.4. The number of aryl methyl sites for hydroxylation is 3. The smallest absolute Gasteiger partial charge is 0.416 e. The maximum Gasteiger partial charge on any atom is 0.416 e. The van der Waals surface area contributed by atoms with Gasteiger partial charge in [0.05, 0.1) is 18.0 Å². The number of likely N-dealkylation sites (tertiary alicyclic amines) is 1. The van der Waals surface area contributed by atoms with Gasteiger partial charge in [-0.15, -0.1) is 0 Å². The van der Waals surface area contributed by atoms with Gasteiger partial charge in [-0.2, -0.15) is 13.2 Å². The number of aliphatic carboxylic acids is 1. The Hall–Kier alpha value is -3.99. The Morgan fingerprint density at radius 3 is 2.19 bits per heavy atom. The summed E-state index contributed by atoms with van der Waals surface area (Å²) in [6.45, 7) is 14.9. The first-order valence-corrected chi connectivity index (χ1v) is 16.2. The molecule has 1 fully saturated rings. The fraction of sp³-hybridized carbons (Fsp3) is 0.486. The molecule has 0 radical (unpaired) electrons. The number of rotatable bonds is 12. The number of carboxylic acids is 1. The first kappa shape index (κ1) is 36.8. The van der Waals surface area contributed by atoms with Crippen molar-refractivity contribution in [3.05, 3.63) is 92.1 Å². The van der Waals surface area contributed by atoms with Crippen molar-refractivity contribution in [3.8, 4) is 11.1 Å². The highest BCUT2D eigenvalue weighted by molar-refractivity contribution is 5.82. The number of nitrogens with one attached hydrogen (secondary N) is 1. The number of amides is 1. The number of carboxylic acid groups (broad SMARTS) is 1. The van der Waals surface area contributed by atoms with E-state index in [1.807, 2.05) is 36.9 Å². The second-order valence-electron chi connectivity index (χ2n) is 14.3. The normalized spacial score (nSPS) is 16.0. The summed E-state index contributed by atoms with van der Waals surface area (Å²) in [5.74, 6) is -2.94. The summed E-state index contributed by atoms with van der Waals surface area (Å²) in [5.41, 5.74) is 1.49. The van der Waals surface area contributed by atoms with Crippen molar-refractivity contribution in [2.45, 2.75) is 86.0 Å². The average Bonchev–Trinajstić information content (AvgIpc) is 2.94. The number of nitrogens with zero attached hydrogens (tertiary/aromatic N) is 2. The molecule has 11 heteroatoms. The monoisotopic (exact) mass is 671 g/mol. The maximum atomic E-state index is 15.8. The van der Waals surface area contributed by atoms with Gasteiger partial charge in [-0.1, -0.05) is 45.9 Å². The van der Waals surface area contributed by atoms with E-state index in [9.17, 15) is 32.7 Å². The summed E-state index contributed by atoms with van der Waals surface area (Å²) in [6.07, 6.45) is -4.24. The van der Waals surface area contributed by atoms with Gasteiger partial charge in [0, 0.05) is 37.5 Å². The summed E-state index contributed by atoms with van der Waals surface area (Å²) >= 11 is 0. The molecular weight excluding hydrogens is 626 g/mol. The molecule has 260 valence electrons. The van der Waals surface area contributed by atoms with E-state index < -0.39 is 53.5 Å². The van der Waals surface area contributed by atoms with Gasteiger partial charge in [0.2, 0.25) is 5.91 Å². The lowest BCUT2D eigenvalue weighted by Crippen LogP contribution is -2.53. The van der Waals surface area contributed by atoms with Crippen LogP contribution < -0.4 is 10.9 Å². The molecule has 0 aliphatic carbocycles. The predicted molar refractivity (Wildman–Crippen MR) is 177 cm³/mol. The number of halogens is 4. The molecule has 1 amide bonds. The minimum Gasteiger partial charge on any atom is -0.481 e. The van der Waals surface area contributed by atoms with Gasteiger partial charge in [0.15, 0.2) is 0 Å². The highest BCUT2D eigenvalue weighted by Crippen LogP contribution is 2.35. The van der Waals surface area contributed by atoms with Crippen molar-refractivity contribution in [2.24, 2.45) is 11.3 Å². The van der Waals surface area contributed by atoms with Gasteiger partial charge in [0.25, 0.3) is 5.56 Å². The van der Waals surface area contributed by atoms with Crippen LogP contribution in [0, 0.1) is 37.9 Å². The Morgan fingerprint density at radius 1 is 1.02 bits per heavy atom. The maximum absolute atomic E-state index is 15.8. The Balaban J connectivity index is 1.75. The molecule has 2 N–H and O–H groups in total. The number of carbonyl (C=O) groups is 2. The van der Waals surface area contributed by atoms with Gasteiger partial charge < -0.3 is 19.9 Å². The number of pyridine rings is 1. The minimum atomic E-state index is -4.78. The molecule has 1 aliphatic rings. The lowest BCUT2D eigenvalue weighted by molar-refractivity contribution is -0.139. The van der Waals surface area contributed by atoms with Crippen LogP contribution in [-0.4, -0.2) is 46.1 Å². The van der Waals surface area contributed by atoms with Crippen LogP contribution in [0.25, 0.3) is 11.1 Å². The molecule has 4 rings (SSSR count). The first-order valence-electron chi connectivity index (χ1n) is 16.2. The van der Waals surface area contributed by atoms with Crippen molar-refractivity contribution in [1.82, 2.24) is 14.8 Å². The molecule has 1 aliphatic heterocycles. The number of aromatic nitrogens is 1. The van der Waals surface area contributed by atoms with Crippen molar-refractivity contribution < 1.29 is 32.3 Å². The van der Waals surface area contributed by atoms with E-state index in [1.54, 1.807) is 26.8 Å². The number of hydrogen-bond acceptors (Lipinski definition) is 4. The van der Waals surface area contributed by atoms with E-state index in [1.165, 1.54) is 6.07 Å². The number of carbonyl (C=O) groups excluding carboxylic acids is 1. The molecule has 0 saturated carbocycles. The second kappa shape index (κ2) is 14.2. The third-order valence-corrected chi connectivity index (χ3v) is 8.93. The molecule has 2 heterocycles. The molecule has 2 atom stereocenters.